The van der Waals surface area contributed by atoms with E-state index in [2.05, 4.69) is 26.1 Å². The molecule has 2 nitrogen and oxygen atoms in total. The highest BCUT2D eigenvalue weighted by Gasteiger charge is 2.19. The van der Waals surface area contributed by atoms with Crippen molar-refractivity contribution < 1.29 is 4.74 Å². The molecule has 0 aliphatic carbocycles. The molecule has 1 atom stereocenters. The molecule has 1 unspecified atom stereocenters. The third-order valence-corrected chi connectivity index (χ3v) is 1.99. The maximum absolute atomic E-state index is 5.33. The van der Waals surface area contributed by atoms with Gasteiger partial charge >= 0.3 is 0 Å². The Morgan fingerprint density at radius 2 is 2.00 bits per heavy atom. The summed E-state index contributed by atoms with van der Waals surface area (Å²) in [5, 5.41) is 3.27. The van der Waals surface area contributed by atoms with Gasteiger partial charge in [0.15, 0.2) is 0 Å². The van der Waals surface area contributed by atoms with Gasteiger partial charge in [-0.15, -0.1) is 0 Å². The molecule has 0 rings (SSSR count). The van der Waals surface area contributed by atoms with E-state index in [0.717, 1.165) is 19.5 Å². The number of methoxy groups -OCH3 is 1. The molecule has 0 aromatic heterocycles. The molecule has 0 saturated carbocycles. The molecule has 0 saturated heterocycles. The first-order valence-corrected chi connectivity index (χ1v) is 3.94. The van der Waals surface area contributed by atoms with Crippen LogP contribution < -0.4 is 5.32 Å². The van der Waals surface area contributed by atoms with Crippen molar-refractivity contribution in [2.45, 2.75) is 32.8 Å². The summed E-state index contributed by atoms with van der Waals surface area (Å²) in [5.74, 6) is 0. The van der Waals surface area contributed by atoms with Crippen LogP contribution in [0.15, 0.2) is 0 Å². The maximum Gasteiger partial charge on any atom is 0.0771 e. The van der Waals surface area contributed by atoms with Crippen LogP contribution in [0.4, 0.5) is 0 Å². The number of likely N-dealkylation sites (N-methyl/N-ethyl adjacent to an activating group) is 1. The van der Waals surface area contributed by atoms with Crippen molar-refractivity contribution in [1.82, 2.24) is 5.32 Å². The van der Waals surface area contributed by atoms with Crippen LogP contribution in [0.2, 0.25) is 0 Å². The van der Waals surface area contributed by atoms with E-state index in [1.54, 1.807) is 7.11 Å². The Morgan fingerprint density at radius 1 is 1.40 bits per heavy atom. The molecule has 1 N–H and O–H groups in total. The topological polar surface area (TPSA) is 21.3 Å². The van der Waals surface area contributed by atoms with Gasteiger partial charge in [-0.2, -0.15) is 0 Å². The Morgan fingerprint density at radius 3 is 2.30 bits per heavy atom. The van der Waals surface area contributed by atoms with Crippen molar-refractivity contribution in [3.05, 3.63) is 0 Å². The van der Waals surface area contributed by atoms with Gasteiger partial charge in [-0.25, -0.2) is 0 Å². The first-order chi connectivity index (χ1) is 4.68. The van der Waals surface area contributed by atoms with Crippen LogP contribution in [0, 0.1) is 0 Å². The van der Waals surface area contributed by atoms with Gasteiger partial charge in [-0.05, 0) is 19.9 Å². The summed E-state index contributed by atoms with van der Waals surface area (Å²) in [6, 6.07) is 0. The predicted molar refractivity (Wildman–Crippen MR) is 44.2 cm³/mol. The van der Waals surface area contributed by atoms with E-state index in [4.69, 9.17) is 4.74 Å². The average molecular weight is 145 g/mol. The van der Waals surface area contributed by atoms with Crippen LogP contribution >= 0.6 is 0 Å². The van der Waals surface area contributed by atoms with Gasteiger partial charge in [0.1, 0.15) is 0 Å². The number of rotatable bonds is 5. The van der Waals surface area contributed by atoms with E-state index in [0.29, 0.717) is 0 Å². The van der Waals surface area contributed by atoms with Gasteiger partial charge in [-0.3, -0.25) is 0 Å². The smallest absolute Gasteiger partial charge is 0.0771 e. The summed E-state index contributed by atoms with van der Waals surface area (Å²) in [7, 11) is 1.76. The summed E-state index contributed by atoms with van der Waals surface area (Å²) in [4.78, 5) is 0. The highest BCUT2D eigenvalue weighted by atomic mass is 16.5. The lowest BCUT2D eigenvalue weighted by Crippen LogP contribution is -2.38. The van der Waals surface area contributed by atoms with Crippen molar-refractivity contribution >= 4 is 0 Å². The van der Waals surface area contributed by atoms with Crippen molar-refractivity contribution in [1.29, 1.82) is 0 Å². The quantitative estimate of drug-likeness (QED) is 0.631. The zero-order chi connectivity index (χ0) is 8.04. The first-order valence-electron chi connectivity index (χ1n) is 3.94. The third kappa shape index (κ3) is 3.18. The Bertz CT molecular complexity index is 79.3. The van der Waals surface area contributed by atoms with Crippen molar-refractivity contribution in [2.24, 2.45) is 0 Å². The Hall–Kier alpha value is -0.0800. The van der Waals surface area contributed by atoms with Gasteiger partial charge in [0.2, 0.25) is 0 Å². The second-order valence-electron chi connectivity index (χ2n) is 2.79. The van der Waals surface area contributed by atoms with Gasteiger partial charge in [0, 0.05) is 13.7 Å². The molecular formula is C8H19NO. The molecule has 2 heteroatoms. The van der Waals surface area contributed by atoms with Crippen molar-refractivity contribution in [2.75, 3.05) is 20.2 Å². The SMILES string of the molecule is CCNCC(C)(CC)OC. The Kier molecular flexibility index (Phi) is 4.65. The molecule has 0 aromatic rings. The van der Waals surface area contributed by atoms with Crippen LogP contribution in [0.5, 0.6) is 0 Å². The standard InChI is InChI=1S/C8H19NO/c1-5-8(3,10-4)7-9-6-2/h9H,5-7H2,1-4H3. The Labute approximate surface area is 64.0 Å². The minimum Gasteiger partial charge on any atom is -0.377 e. The number of hydrogen-bond donors (Lipinski definition) is 1. The molecule has 62 valence electrons. The molecule has 0 aromatic carbocycles. The number of ether oxygens (including phenoxy) is 1. The van der Waals surface area contributed by atoms with Crippen LogP contribution in [-0.4, -0.2) is 25.8 Å². The zero-order valence-electron chi connectivity index (χ0n) is 7.53. The summed E-state index contributed by atoms with van der Waals surface area (Å²) >= 11 is 0. The fourth-order valence-electron chi connectivity index (χ4n) is 0.731. The zero-order valence-corrected chi connectivity index (χ0v) is 7.53. The summed E-state index contributed by atoms with van der Waals surface area (Å²) in [6.07, 6.45) is 1.05. The van der Waals surface area contributed by atoms with E-state index >= 15 is 0 Å². The fraction of sp³-hybridized carbons (Fsp3) is 1.00. The highest BCUT2D eigenvalue weighted by molar-refractivity contribution is 4.74. The molecule has 0 radical (unpaired) electrons. The lowest BCUT2D eigenvalue weighted by molar-refractivity contribution is 0.00415. The summed E-state index contributed by atoms with van der Waals surface area (Å²) < 4.78 is 5.33. The summed E-state index contributed by atoms with van der Waals surface area (Å²) in [5.41, 5.74) is 0.0238. The van der Waals surface area contributed by atoms with Gasteiger partial charge < -0.3 is 10.1 Å². The number of hydrogen-bond acceptors (Lipinski definition) is 2. The summed E-state index contributed by atoms with van der Waals surface area (Å²) in [6.45, 7) is 8.32. The van der Waals surface area contributed by atoms with Crippen molar-refractivity contribution in [3.8, 4) is 0 Å². The average Bonchev–Trinajstić information content (AvgIpc) is 2.00. The van der Waals surface area contributed by atoms with Gasteiger partial charge in [0.05, 0.1) is 5.60 Å². The molecule has 0 bridgehead atoms. The number of nitrogens with one attached hydrogen (secondary N) is 1. The monoisotopic (exact) mass is 145 g/mol. The maximum atomic E-state index is 5.33. The largest absolute Gasteiger partial charge is 0.377 e. The van der Waals surface area contributed by atoms with Crippen molar-refractivity contribution in [3.63, 3.8) is 0 Å². The van der Waals surface area contributed by atoms with E-state index < -0.39 is 0 Å². The fourth-order valence-corrected chi connectivity index (χ4v) is 0.731. The molecule has 0 amide bonds. The van der Waals surface area contributed by atoms with E-state index in [9.17, 15) is 0 Å². The molecule has 0 spiro atoms. The van der Waals surface area contributed by atoms with Crippen LogP contribution in [0.1, 0.15) is 27.2 Å². The molecule has 10 heavy (non-hydrogen) atoms. The molecule has 0 aliphatic heterocycles. The van der Waals surface area contributed by atoms with E-state index in [1.165, 1.54) is 0 Å². The third-order valence-electron chi connectivity index (χ3n) is 1.99. The molecule has 0 fully saturated rings. The second kappa shape index (κ2) is 4.69. The van der Waals surface area contributed by atoms with E-state index in [1.807, 2.05) is 0 Å². The first kappa shape index (κ1) is 9.92. The van der Waals surface area contributed by atoms with Gasteiger partial charge in [0.25, 0.3) is 0 Å². The van der Waals surface area contributed by atoms with E-state index in [-0.39, 0.29) is 5.60 Å². The lowest BCUT2D eigenvalue weighted by atomic mass is 10.0. The van der Waals surface area contributed by atoms with Gasteiger partial charge in [-0.1, -0.05) is 13.8 Å². The minimum atomic E-state index is 0.0238. The van der Waals surface area contributed by atoms with Crippen LogP contribution in [0.3, 0.4) is 0 Å². The molecule has 0 aliphatic rings. The normalized spacial score (nSPS) is 16.8. The predicted octanol–water partition coefficient (Wildman–Crippen LogP) is 1.41. The lowest BCUT2D eigenvalue weighted by Gasteiger charge is -2.26. The highest BCUT2D eigenvalue weighted by Crippen LogP contribution is 2.11. The van der Waals surface area contributed by atoms with Crippen LogP contribution in [-0.2, 0) is 4.74 Å². The van der Waals surface area contributed by atoms with Crippen LogP contribution in [0.25, 0.3) is 0 Å². The Balaban J connectivity index is 3.58. The minimum absolute atomic E-state index is 0.0238. The molecular weight excluding hydrogens is 126 g/mol. The second-order valence-corrected chi connectivity index (χ2v) is 2.79. The molecule has 0 heterocycles.